The highest BCUT2D eigenvalue weighted by atomic mass is 14.9. The maximum Gasteiger partial charge on any atom is 0.00106 e. The van der Waals surface area contributed by atoms with Crippen LogP contribution in [0.2, 0.25) is 0 Å². The minimum Gasteiger partial charge on any atom is -0.314 e. The van der Waals surface area contributed by atoms with E-state index in [0.717, 1.165) is 12.5 Å². The van der Waals surface area contributed by atoms with Gasteiger partial charge in [0.2, 0.25) is 0 Å². The van der Waals surface area contributed by atoms with Crippen LogP contribution in [0.15, 0.2) is 0 Å². The van der Waals surface area contributed by atoms with Crippen molar-refractivity contribution in [2.45, 2.75) is 73.3 Å². The van der Waals surface area contributed by atoms with E-state index in [1.165, 1.54) is 25.7 Å². The van der Waals surface area contributed by atoms with E-state index in [2.05, 4.69) is 46.9 Å². The molecule has 1 heteroatoms. The molecule has 0 aromatic heterocycles. The fourth-order valence-corrected chi connectivity index (χ4v) is 2.23. The molecule has 0 aromatic carbocycles. The Morgan fingerprint density at radius 2 is 1.73 bits per heavy atom. The fraction of sp³-hybridized carbons (Fsp3) is 1.00. The van der Waals surface area contributed by atoms with Crippen molar-refractivity contribution >= 4 is 0 Å². The zero-order chi connectivity index (χ0) is 11.9. The third-order valence-corrected chi connectivity index (χ3v) is 3.41. The monoisotopic (exact) mass is 213 g/mol. The van der Waals surface area contributed by atoms with Crippen molar-refractivity contribution in [3.63, 3.8) is 0 Å². The number of hydrogen-bond acceptors (Lipinski definition) is 1. The van der Waals surface area contributed by atoms with Crippen molar-refractivity contribution in [1.29, 1.82) is 0 Å². The molecule has 0 aliphatic heterocycles. The molecular formula is C14H31N. The molecule has 0 radical (unpaired) electrons. The summed E-state index contributed by atoms with van der Waals surface area (Å²) in [7, 11) is 0. The average Bonchev–Trinajstić information content (AvgIpc) is 2.15. The van der Waals surface area contributed by atoms with Gasteiger partial charge in [0.15, 0.2) is 0 Å². The van der Waals surface area contributed by atoms with Gasteiger partial charge in [-0.05, 0) is 24.2 Å². The van der Waals surface area contributed by atoms with Gasteiger partial charge in [0.25, 0.3) is 0 Å². The largest absolute Gasteiger partial charge is 0.314 e. The molecule has 92 valence electrons. The molecule has 0 saturated heterocycles. The van der Waals surface area contributed by atoms with Crippen LogP contribution in [-0.4, -0.2) is 12.6 Å². The van der Waals surface area contributed by atoms with E-state index in [1.807, 2.05) is 0 Å². The molecule has 2 unspecified atom stereocenters. The second-order valence-electron chi connectivity index (χ2n) is 5.80. The van der Waals surface area contributed by atoms with Crippen LogP contribution in [0.25, 0.3) is 0 Å². The predicted molar refractivity (Wildman–Crippen MR) is 70.2 cm³/mol. The molecule has 1 N–H and O–H groups in total. The second kappa shape index (κ2) is 7.27. The van der Waals surface area contributed by atoms with E-state index in [-0.39, 0.29) is 0 Å². The van der Waals surface area contributed by atoms with Gasteiger partial charge in [0.1, 0.15) is 0 Å². The molecule has 0 aliphatic carbocycles. The Kier molecular flexibility index (Phi) is 7.25. The molecule has 0 aromatic rings. The normalized spacial score (nSPS) is 17.8. The molecular weight excluding hydrogens is 182 g/mol. The van der Waals surface area contributed by atoms with Crippen molar-refractivity contribution in [3.05, 3.63) is 0 Å². The first-order valence-electron chi connectivity index (χ1n) is 6.67. The summed E-state index contributed by atoms with van der Waals surface area (Å²) in [4.78, 5) is 0. The summed E-state index contributed by atoms with van der Waals surface area (Å²) in [5.74, 6) is 0.869. The fourth-order valence-electron chi connectivity index (χ4n) is 2.23. The molecule has 0 rings (SSSR count). The van der Waals surface area contributed by atoms with Crippen molar-refractivity contribution in [2.24, 2.45) is 11.3 Å². The molecule has 15 heavy (non-hydrogen) atoms. The van der Waals surface area contributed by atoms with Crippen LogP contribution in [-0.2, 0) is 0 Å². The Balaban J connectivity index is 4.05. The standard InChI is InChI=1S/C14H31N/c1-7-9-13(5)10-14(6,8-2)11-15-12(3)4/h12-13,15H,7-11H2,1-6H3. The van der Waals surface area contributed by atoms with Gasteiger partial charge < -0.3 is 5.32 Å². The Labute approximate surface area is 97.0 Å². The van der Waals surface area contributed by atoms with Gasteiger partial charge in [-0.1, -0.05) is 54.4 Å². The molecule has 0 saturated carbocycles. The molecule has 0 spiro atoms. The third kappa shape index (κ3) is 6.94. The average molecular weight is 213 g/mol. The molecule has 0 fully saturated rings. The van der Waals surface area contributed by atoms with E-state index in [1.54, 1.807) is 0 Å². The quantitative estimate of drug-likeness (QED) is 0.636. The summed E-state index contributed by atoms with van der Waals surface area (Å²) in [5.41, 5.74) is 0.485. The van der Waals surface area contributed by atoms with Gasteiger partial charge in [-0.25, -0.2) is 0 Å². The first-order valence-corrected chi connectivity index (χ1v) is 6.67. The molecule has 0 heterocycles. The summed E-state index contributed by atoms with van der Waals surface area (Å²) in [6, 6.07) is 0.609. The summed E-state index contributed by atoms with van der Waals surface area (Å²) in [6.45, 7) is 15.0. The van der Waals surface area contributed by atoms with Crippen molar-refractivity contribution in [1.82, 2.24) is 5.32 Å². The number of nitrogens with one attached hydrogen (secondary N) is 1. The zero-order valence-corrected chi connectivity index (χ0v) is 11.7. The second-order valence-corrected chi connectivity index (χ2v) is 5.80. The van der Waals surface area contributed by atoms with Gasteiger partial charge in [-0.2, -0.15) is 0 Å². The Morgan fingerprint density at radius 3 is 2.13 bits per heavy atom. The lowest BCUT2D eigenvalue weighted by molar-refractivity contribution is 0.216. The number of rotatable bonds is 8. The van der Waals surface area contributed by atoms with Crippen molar-refractivity contribution in [3.8, 4) is 0 Å². The van der Waals surface area contributed by atoms with Gasteiger partial charge >= 0.3 is 0 Å². The predicted octanol–water partition coefficient (Wildman–Crippen LogP) is 4.23. The van der Waals surface area contributed by atoms with E-state index >= 15 is 0 Å². The summed E-state index contributed by atoms with van der Waals surface area (Å²) in [6.07, 6.45) is 5.33. The maximum absolute atomic E-state index is 3.58. The van der Waals surface area contributed by atoms with E-state index < -0.39 is 0 Å². The van der Waals surface area contributed by atoms with Crippen LogP contribution in [0.5, 0.6) is 0 Å². The van der Waals surface area contributed by atoms with Crippen LogP contribution in [0.1, 0.15) is 67.2 Å². The van der Waals surface area contributed by atoms with Crippen LogP contribution >= 0.6 is 0 Å². The molecule has 0 bridgehead atoms. The Morgan fingerprint density at radius 1 is 1.13 bits per heavy atom. The number of hydrogen-bond donors (Lipinski definition) is 1. The zero-order valence-electron chi connectivity index (χ0n) is 11.7. The Hall–Kier alpha value is -0.0400. The van der Waals surface area contributed by atoms with Gasteiger partial charge in [0.05, 0.1) is 0 Å². The smallest absolute Gasteiger partial charge is 0.00106 e. The van der Waals surface area contributed by atoms with Crippen LogP contribution < -0.4 is 5.32 Å². The van der Waals surface area contributed by atoms with E-state index in [4.69, 9.17) is 0 Å². The van der Waals surface area contributed by atoms with Crippen molar-refractivity contribution in [2.75, 3.05) is 6.54 Å². The van der Waals surface area contributed by atoms with Gasteiger partial charge in [0, 0.05) is 12.6 Å². The Bertz CT molecular complexity index is 153. The first kappa shape index (κ1) is 15.0. The lowest BCUT2D eigenvalue weighted by Gasteiger charge is -2.32. The summed E-state index contributed by atoms with van der Waals surface area (Å²) < 4.78 is 0. The van der Waals surface area contributed by atoms with E-state index in [9.17, 15) is 0 Å². The molecule has 0 aliphatic rings. The maximum atomic E-state index is 3.58. The van der Waals surface area contributed by atoms with E-state index in [0.29, 0.717) is 11.5 Å². The highest BCUT2D eigenvalue weighted by Gasteiger charge is 2.24. The SMILES string of the molecule is CCCC(C)CC(C)(CC)CNC(C)C. The summed E-state index contributed by atoms with van der Waals surface area (Å²) in [5, 5.41) is 3.58. The molecule has 2 atom stereocenters. The lowest BCUT2D eigenvalue weighted by Crippen LogP contribution is -2.36. The van der Waals surface area contributed by atoms with Crippen molar-refractivity contribution < 1.29 is 0 Å². The van der Waals surface area contributed by atoms with Gasteiger partial charge in [-0.3, -0.25) is 0 Å². The minimum atomic E-state index is 0.485. The highest BCUT2D eigenvalue weighted by Crippen LogP contribution is 2.30. The highest BCUT2D eigenvalue weighted by molar-refractivity contribution is 4.78. The van der Waals surface area contributed by atoms with Crippen LogP contribution in [0.3, 0.4) is 0 Å². The minimum absolute atomic E-state index is 0.485. The first-order chi connectivity index (χ1) is 6.93. The van der Waals surface area contributed by atoms with Gasteiger partial charge in [-0.15, -0.1) is 0 Å². The lowest BCUT2D eigenvalue weighted by atomic mass is 9.78. The third-order valence-electron chi connectivity index (χ3n) is 3.41. The summed E-state index contributed by atoms with van der Waals surface area (Å²) >= 11 is 0. The van der Waals surface area contributed by atoms with Crippen LogP contribution in [0, 0.1) is 11.3 Å². The topological polar surface area (TPSA) is 12.0 Å². The molecule has 1 nitrogen and oxygen atoms in total. The molecule has 0 amide bonds. The van der Waals surface area contributed by atoms with Crippen LogP contribution in [0.4, 0.5) is 0 Å².